The molecule has 0 aliphatic carbocycles. The molecular weight excluding hydrogens is 281 g/mol. The number of esters is 1. The summed E-state index contributed by atoms with van der Waals surface area (Å²) in [6.45, 7) is 5.04. The van der Waals surface area contributed by atoms with E-state index in [1.165, 1.54) is 6.92 Å². The van der Waals surface area contributed by atoms with Gasteiger partial charge in [-0.15, -0.1) is 0 Å². The van der Waals surface area contributed by atoms with E-state index in [-0.39, 0.29) is 80.6 Å². The zero-order valence-corrected chi connectivity index (χ0v) is 10.7. The van der Waals surface area contributed by atoms with Gasteiger partial charge in [0.05, 0.1) is 6.10 Å². The predicted molar refractivity (Wildman–Crippen MR) is 69.1 cm³/mol. The smallest absolute Gasteiger partial charge is 0.302 e. The average Bonchev–Trinajstić information content (AvgIpc) is 1.85. The number of carbonyl (C=O) groups excluding carboxylic acids is 1. The summed E-state index contributed by atoms with van der Waals surface area (Å²) in [4.78, 5) is 10.4. The summed E-state index contributed by atoms with van der Waals surface area (Å²) in [7, 11) is 0. The van der Waals surface area contributed by atoms with Crippen molar-refractivity contribution in [2.75, 3.05) is 0 Å². The largest absolute Gasteiger partial charge is 0.463 e. The normalized spacial score (nSPS) is 10.8. The minimum absolute atomic E-state index is 0. The van der Waals surface area contributed by atoms with E-state index in [1.54, 1.807) is 6.92 Å². The fourth-order valence-electron chi connectivity index (χ4n) is 0.881. The van der Waals surface area contributed by atoms with Crippen molar-refractivity contribution in [3.8, 4) is 0 Å². The van der Waals surface area contributed by atoms with Gasteiger partial charge in [-0.05, 0) is 13.3 Å². The molecule has 1 radical (unpaired) electrons. The molecule has 0 bridgehead atoms. The van der Waals surface area contributed by atoms with Gasteiger partial charge in [0.2, 0.25) is 0 Å². The van der Waals surface area contributed by atoms with E-state index in [9.17, 15) is 4.79 Å². The van der Waals surface area contributed by atoms with Crippen molar-refractivity contribution in [3.05, 3.63) is 0 Å². The van der Waals surface area contributed by atoms with Gasteiger partial charge in [-0.2, -0.15) is 0 Å². The van der Waals surface area contributed by atoms with E-state index >= 15 is 0 Å². The van der Waals surface area contributed by atoms with Gasteiger partial charge in [0.25, 0.3) is 0 Å². The molecule has 2 atom stereocenters. The Morgan fingerprint density at radius 2 is 1.62 bits per heavy atom. The molecule has 2 unspecified atom stereocenters. The quantitative estimate of drug-likeness (QED) is 0.806. The monoisotopic (exact) mass is 313 g/mol. The molecule has 101 valence electrons. The fraction of sp³-hybridized carbons (Fsp3) is 0.917. The molecule has 0 heterocycles. The van der Waals surface area contributed by atoms with E-state index in [4.69, 9.17) is 9.84 Å². The first kappa shape index (κ1) is 36.0. The zero-order chi connectivity index (χ0) is 8.85. The maximum atomic E-state index is 10.4. The van der Waals surface area contributed by atoms with Crippen molar-refractivity contribution < 1.29 is 47.3 Å². The summed E-state index contributed by atoms with van der Waals surface area (Å²) < 4.78 is 4.82. The molecular formula is C12H32O3Y. The van der Waals surface area contributed by atoms with E-state index in [0.29, 0.717) is 12.8 Å². The minimum atomic E-state index is -0.357. The van der Waals surface area contributed by atoms with Crippen LogP contribution in [0.15, 0.2) is 0 Å². The summed E-state index contributed by atoms with van der Waals surface area (Å²) in [5.41, 5.74) is 0. The predicted octanol–water partition coefficient (Wildman–Crippen LogP) is 3.64. The van der Waals surface area contributed by atoms with E-state index in [2.05, 4.69) is 0 Å². The number of rotatable bonds is 4. The first-order chi connectivity index (χ1) is 5.06. The number of hydrogen-bond donors (Lipinski definition) is 1. The van der Waals surface area contributed by atoms with Crippen molar-refractivity contribution in [2.24, 2.45) is 0 Å². The third-order valence-corrected chi connectivity index (χ3v) is 1.44. The van der Waals surface area contributed by atoms with Gasteiger partial charge in [-0.1, -0.05) is 36.6 Å². The molecule has 4 heteroatoms. The van der Waals surface area contributed by atoms with Crippen molar-refractivity contribution in [1.29, 1.82) is 0 Å². The van der Waals surface area contributed by atoms with Gasteiger partial charge in [0.1, 0.15) is 6.10 Å². The fourth-order valence-corrected chi connectivity index (χ4v) is 0.881. The molecule has 0 saturated heterocycles. The van der Waals surface area contributed by atoms with Crippen LogP contribution in [-0.4, -0.2) is 23.3 Å². The minimum Gasteiger partial charge on any atom is -0.463 e. The maximum Gasteiger partial charge on any atom is 0.302 e. The Hall–Kier alpha value is 0.534. The van der Waals surface area contributed by atoms with Crippen molar-refractivity contribution in [3.63, 3.8) is 0 Å². The molecule has 3 nitrogen and oxygen atoms in total. The SMILES string of the molecule is C.C.C.C.CCC(O)CC(C)OC(C)=O.[Y]. The summed E-state index contributed by atoms with van der Waals surface area (Å²) in [6.07, 6.45) is 0.689. The molecule has 0 amide bonds. The Kier molecular flexibility index (Phi) is 46.9. The molecule has 0 aliphatic heterocycles. The Morgan fingerprint density at radius 1 is 1.25 bits per heavy atom. The Labute approximate surface area is 128 Å². The van der Waals surface area contributed by atoms with Crippen LogP contribution >= 0.6 is 0 Å². The molecule has 16 heavy (non-hydrogen) atoms. The first-order valence-corrected chi connectivity index (χ1v) is 3.91. The average molecular weight is 313 g/mol. The zero-order valence-electron chi connectivity index (χ0n) is 7.91. The first-order valence-electron chi connectivity index (χ1n) is 3.91. The van der Waals surface area contributed by atoms with Crippen LogP contribution < -0.4 is 0 Å². The standard InChI is InChI=1S/C8H16O3.4CH4.Y/c1-4-8(10)5-6(2)11-7(3)9;;;;;/h6,8,10H,4-5H2,1-3H3;4*1H4;. The maximum absolute atomic E-state index is 10.4. The summed E-state index contributed by atoms with van der Waals surface area (Å²) in [6, 6.07) is 0. The Bertz CT molecular complexity index is 129. The number of aliphatic hydroxyl groups excluding tert-OH is 1. The molecule has 0 rings (SSSR count). The number of aliphatic hydroxyl groups is 1. The second-order valence-electron chi connectivity index (χ2n) is 2.72. The van der Waals surface area contributed by atoms with Crippen molar-refractivity contribution >= 4 is 5.97 Å². The molecule has 0 aromatic heterocycles. The summed E-state index contributed by atoms with van der Waals surface area (Å²) in [5, 5.41) is 9.15. The molecule has 0 fully saturated rings. The Balaban J connectivity index is -0.0000000500. The number of hydrogen-bond acceptors (Lipinski definition) is 3. The van der Waals surface area contributed by atoms with Gasteiger partial charge >= 0.3 is 5.97 Å². The summed E-state index contributed by atoms with van der Waals surface area (Å²) in [5.74, 6) is -0.291. The molecule has 0 spiro atoms. The van der Waals surface area contributed by atoms with Gasteiger partial charge < -0.3 is 9.84 Å². The van der Waals surface area contributed by atoms with Crippen LogP contribution in [0, 0.1) is 0 Å². The van der Waals surface area contributed by atoms with Crippen molar-refractivity contribution in [2.45, 2.75) is 75.5 Å². The van der Waals surface area contributed by atoms with Gasteiger partial charge in [-0.25, -0.2) is 0 Å². The van der Waals surface area contributed by atoms with E-state index in [0.717, 1.165) is 0 Å². The second-order valence-corrected chi connectivity index (χ2v) is 2.72. The van der Waals surface area contributed by atoms with Crippen LogP contribution in [0.5, 0.6) is 0 Å². The van der Waals surface area contributed by atoms with E-state index < -0.39 is 0 Å². The molecule has 0 aromatic carbocycles. The van der Waals surface area contributed by atoms with Crippen LogP contribution in [0.25, 0.3) is 0 Å². The van der Waals surface area contributed by atoms with Crippen LogP contribution in [0.2, 0.25) is 0 Å². The van der Waals surface area contributed by atoms with E-state index in [1.807, 2.05) is 6.92 Å². The van der Waals surface area contributed by atoms with Crippen LogP contribution in [0.3, 0.4) is 0 Å². The Morgan fingerprint density at radius 3 is 1.88 bits per heavy atom. The molecule has 0 aliphatic rings. The van der Waals surface area contributed by atoms with Gasteiger partial charge in [0.15, 0.2) is 0 Å². The molecule has 0 saturated carbocycles. The van der Waals surface area contributed by atoms with Crippen molar-refractivity contribution in [1.82, 2.24) is 0 Å². The number of carbonyl (C=O) groups is 1. The second kappa shape index (κ2) is 20.9. The van der Waals surface area contributed by atoms with Gasteiger partial charge in [-0.3, -0.25) is 4.79 Å². The number of ether oxygens (including phenoxy) is 1. The molecule has 0 aromatic rings. The summed E-state index contributed by atoms with van der Waals surface area (Å²) >= 11 is 0. The topological polar surface area (TPSA) is 46.5 Å². The van der Waals surface area contributed by atoms with Crippen LogP contribution in [0.1, 0.15) is 63.3 Å². The van der Waals surface area contributed by atoms with Gasteiger partial charge in [0, 0.05) is 46.1 Å². The third kappa shape index (κ3) is 24.0. The molecule has 1 N–H and O–H groups in total. The third-order valence-electron chi connectivity index (χ3n) is 1.44. The van der Waals surface area contributed by atoms with Crippen LogP contribution in [0.4, 0.5) is 0 Å². The van der Waals surface area contributed by atoms with Crippen LogP contribution in [-0.2, 0) is 42.2 Å².